The molecule has 2 rings (SSSR count). The highest BCUT2D eigenvalue weighted by Gasteiger charge is 2.17. The van der Waals surface area contributed by atoms with Crippen LogP contribution in [0.5, 0.6) is 11.5 Å². The number of nitrogens with one attached hydrogen (secondary N) is 1. The molecule has 20 heavy (non-hydrogen) atoms. The fraction of sp³-hybridized carbons (Fsp3) is 0.625. The molecule has 0 aliphatic carbocycles. The van der Waals surface area contributed by atoms with E-state index in [2.05, 4.69) is 26.1 Å². The van der Waals surface area contributed by atoms with E-state index in [1.807, 2.05) is 18.2 Å². The smallest absolute Gasteiger partial charge is 0.231 e. The van der Waals surface area contributed by atoms with Crippen LogP contribution < -0.4 is 14.8 Å². The van der Waals surface area contributed by atoms with Gasteiger partial charge < -0.3 is 19.9 Å². The molecule has 0 saturated heterocycles. The van der Waals surface area contributed by atoms with Gasteiger partial charge in [-0.15, -0.1) is 0 Å². The quantitative estimate of drug-likeness (QED) is 0.806. The van der Waals surface area contributed by atoms with Gasteiger partial charge in [0.15, 0.2) is 11.5 Å². The van der Waals surface area contributed by atoms with Crippen molar-refractivity contribution in [2.75, 3.05) is 13.3 Å². The van der Waals surface area contributed by atoms with Gasteiger partial charge in [-0.25, -0.2) is 0 Å². The zero-order chi connectivity index (χ0) is 14.5. The summed E-state index contributed by atoms with van der Waals surface area (Å²) < 4.78 is 10.6. The molecule has 3 unspecified atom stereocenters. The summed E-state index contributed by atoms with van der Waals surface area (Å²) in [6.07, 6.45) is 1.80. The van der Waals surface area contributed by atoms with Crippen LogP contribution in [-0.4, -0.2) is 24.5 Å². The Morgan fingerprint density at radius 1 is 1.25 bits per heavy atom. The molecule has 0 amide bonds. The first-order chi connectivity index (χ1) is 9.60. The van der Waals surface area contributed by atoms with E-state index in [-0.39, 0.29) is 6.79 Å². The molecular weight excluding hydrogens is 254 g/mol. The first kappa shape index (κ1) is 15.1. The summed E-state index contributed by atoms with van der Waals surface area (Å²) in [5, 5.41) is 13.6. The Morgan fingerprint density at radius 3 is 2.75 bits per heavy atom. The maximum absolute atomic E-state index is 10.2. The predicted molar refractivity (Wildman–Crippen MR) is 79.1 cm³/mol. The van der Waals surface area contributed by atoms with Crippen LogP contribution in [0.25, 0.3) is 0 Å². The second-order valence-corrected chi connectivity index (χ2v) is 5.69. The fourth-order valence-electron chi connectivity index (χ4n) is 2.40. The third-order valence-corrected chi connectivity index (χ3v) is 3.89. The molecular formula is C16H25NO3. The maximum Gasteiger partial charge on any atom is 0.231 e. The first-order valence-electron chi connectivity index (χ1n) is 7.41. The molecule has 3 atom stereocenters. The lowest BCUT2D eigenvalue weighted by molar-refractivity contribution is 0.166. The van der Waals surface area contributed by atoms with Gasteiger partial charge in [0.05, 0.1) is 6.10 Å². The molecule has 0 aromatic heterocycles. The molecule has 4 nitrogen and oxygen atoms in total. The summed E-state index contributed by atoms with van der Waals surface area (Å²) in [6.45, 7) is 7.44. The van der Waals surface area contributed by atoms with E-state index in [0.29, 0.717) is 24.3 Å². The van der Waals surface area contributed by atoms with E-state index in [4.69, 9.17) is 9.47 Å². The number of rotatable bonds is 7. The topological polar surface area (TPSA) is 50.7 Å². The highest BCUT2D eigenvalue weighted by Crippen LogP contribution is 2.34. The zero-order valence-corrected chi connectivity index (χ0v) is 12.6. The number of fused-ring (bicyclic) bond motifs is 1. The van der Waals surface area contributed by atoms with E-state index < -0.39 is 6.10 Å². The van der Waals surface area contributed by atoms with Crippen LogP contribution >= 0.6 is 0 Å². The Kier molecular flexibility index (Phi) is 5.26. The van der Waals surface area contributed by atoms with Crippen molar-refractivity contribution in [2.24, 2.45) is 5.92 Å². The molecule has 1 aliphatic heterocycles. The van der Waals surface area contributed by atoms with Crippen molar-refractivity contribution in [1.29, 1.82) is 0 Å². The summed E-state index contributed by atoms with van der Waals surface area (Å²) in [7, 11) is 0. The van der Waals surface area contributed by atoms with Crippen molar-refractivity contribution in [3.63, 3.8) is 0 Å². The van der Waals surface area contributed by atoms with Gasteiger partial charge in [0, 0.05) is 12.6 Å². The predicted octanol–water partition coefficient (Wildman–Crippen LogP) is 2.86. The van der Waals surface area contributed by atoms with Crippen LogP contribution in [-0.2, 0) is 0 Å². The minimum absolute atomic E-state index is 0.263. The average Bonchev–Trinajstić information content (AvgIpc) is 2.91. The molecule has 2 N–H and O–H groups in total. The van der Waals surface area contributed by atoms with Crippen molar-refractivity contribution in [3.05, 3.63) is 23.8 Å². The first-order valence-corrected chi connectivity index (χ1v) is 7.41. The van der Waals surface area contributed by atoms with Crippen molar-refractivity contribution in [1.82, 2.24) is 5.32 Å². The van der Waals surface area contributed by atoms with Gasteiger partial charge in [-0.1, -0.05) is 26.3 Å². The Morgan fingerprint density at radius 2 is 2.00 bits per heavy atom. The standard InChI is InChI=1S/C16H25NO3/c1-4-11(2)7-12(3)17-9-14(18)13-5-6-15-16(8-13)20-10-19-15/h5-6,8,11-12,14,17-18H,4,7,9-10H2,1-3H3. The molecule has 4 heteroatoms. The minimum Gasteiger partial charge on any atom is -0.454 e. The van der Waals surface area contributed by atoms with Crippen molar-refractivity contribution >= 4 is 0 Å². The molecule has 112 valence electrons. The van der Waals surface area contributed by atoms with Gasteiger partial charge in [-0.3, -0.25) is 0 Å². The van der Waals surface area contributed by atoms with Gasteiger partial charge in [-0.2, -0.15) is 0 Å². The van der Waals surface area contributed by atoms with Crippen LogP contribution in [0.2, 0.25) is 0 Å². The highest BCUT2D eigenvalue weighted by molar-refractivity contribution is 5.45. The average molecular weight is 279 g/mol. The molecule has 0 bridgehead atoms. The van der Waals surface area contributed by atoms with Crippen molar-refractivity contribution in [3.8, 4) is 11.5 Å². The maximum atomic E-state index is 10.2. The van der Waals surface area contributed by atoms with E-state index >= 15 is 0 Å². The summed E-state index contributed by atoms with van der Waals surface area (Å²) in [5.41, 5.74) is 0.859. The third kappa shape index (κ3) is 3.87. The van der Waals surface area contributed by atoms with E-state index in [0.717, 1.165) is 17.7 Å². The lowest BCUT2D eigenvalue weighted by Gasteiger charge is -2.20. The van der Waals surface area contributed by atoms with Gasteiger partial charge in [0.1, 0.15) is 0 Å². The molecule has 1 aromatic carbocycles. The number of hydrogen-bond donors (Lipinski definition) is 2. The van der Waals surface area contributed by atoms with Crippen LogP contribution in [0.1, 0.15) is 45.3 Å². The van der Waals surface area contributed by atoms with Crippen molar-refractivity contribution < 1.29 is 14.6 Å². The second kappa shape index (κ2) is 6.95. The summed E-state index contributed by atoms with van der Waals surface area (Å²) in [4.78, 5) is 0. The minimum atomic E-state index is -0.524. The third-order valence-electron chi connectivity index (χ3n) is 3.89. The van der Waals surface area contributed by atoms with E-state index in [1.165, 1.54) is 6.42 Å². The molecule has 0 spiro atoms. The summed E-state index contributed by atoms with van der Waals surface area (Å²) in [6, 6.07) is 6.00. The Balaban J connectivity index is 1.84. The highest BCUT2D eigenvalue weighted by atomic mass is 16.7. The molecule has 1 aliphatic rings. The van der Waals surface area contributed by atoms with E-state index in [1.54, 1.807) is 0 Å². The Labute approximate surface area is 121 Å². The van der Waals surface area contributed by atoms with Crippen LogP contribution in [0.4, 0.5) is 0 Å². The largest absolute Gasteiger partial charge is 0.454 e. The second-order valence-electron chi connectivity index (χ2n) is 5.69. The summed E-state index contributed by atoms with van der Waals surface area (Å²) in [5.74, 6) is 2.17. The number of aliphatic hydroxyl groups excluding tert-OH is 1. The van der Waals surface area contributed by atoms with Crippen LogP contribution in [0.15, 0.2) is 18.2 Å². The van der Waals surface area contributed by atoms with Crippen LogP contribution in [0, 0.1) is 5.92 Å². The zero-order valence-electron chi connectivity index (χ0n) is 12.6. The SMILES string of the molecule is CCC(C)CC(C)NCC(O)c1ccc2c(c1)OCO2. The monoisotopic (exact) mass is 279 g/mol. The van der Waals surface area contributed by atoms with E-state index in [9.17, 15) is 5.11 Å². The van der Waals surface area contributed by atoms with Gasteiger partial charge in [-0.05, 0) is 37.0 Å². The number of aliphatic hydroxyl groups is 1. The lowest BCUT2D eigenvalue weighted by atomic mass is 10.00. The van der Waals surface area contributed by atoms with Crippen LogP contribution in [0.3, 0.4) is 0 Å². The number of benzene rings is 1. The Hall–Kier alpha value is -1.26. The van der Waals surface area contributed by atoms with Gasteiger partial charge in [0.25, 0.3) is 0 Å². The molecule has 0 fully saturated rings. The summed E-state index contributed by atoms with van der Waals surface area (Å²) >= 11 is 0. The molecule has 0 radical (unpaired) electrons. The Bertz CT molecular complexity index is 436. The molecule has 0 saturated carbocycles. The molecule has 1 heterocycles. The number of ether oxygens (including phenoxy) is 2. The van der Waals surface area contributed by atoms with Gasteiger partial charge >= 0.3 is 0 Å². The molecule has 1 aromatic rings. The van der Waals surface area contributed by atoms with Crippen molar-refractivity contribution in [2.45, 2.75) is 45.8 Å². The fourth-order valence-corrected chi connectivity index (χ4v) is 2.40. The number of hydrogen-bond acceptors (Lipinski definition) is 4. The lowest BCUT2D eigenvalue weighted by Crippen LogP contribution is -2.31. The van der Waals surface area contributed by atoms with Gasteiger partial charge in [0.2, 0.25) is 6.79 Å². The normalized spacial score (nSPS) is 17.8.